The topological polar surface area (TPSA) is 76.0 Å². The summed E-state index contributed by atoms with van der Waals surface area (Å²) >= 11 is 0. The second-order valence-electron chi connectivity index (χ2n) is 9.08. The van der Waals surface area contributed by atoms with Crippen molar-refractivity contribution in [3.05, 3.63) is 119 Å². The highest BCUT2D eigenvalue weighted by Crippen LogP contribution is 2.28. The van der Waals surface area contributed by atoms with Gasteiger partial charge in [0, 0.05) is 28.5 Å². The first-order chi connectivity index (χ1) is 16.8. The first-order valence-corrected chi connectivity index (χ1v) is 11.3. The van der Waals surface area contributed by atoms with Gasteiger partial charge in [0.15, 0.2) is 11.6 Å². The lowest BCUT2D eigenvalue weighted by Gasteiger charge is -2.36. The molecule has 0 aromatic heterocycles. The van der Waals surface area contributed by atoms with Gasteiger partial charge in [-0.05, 0) is 20.8 Å². The number of rotatable bonds is 5. The molecule has 0 saturated carbocycles. The largest absolute Gasteiger partial charge is 0.443 e. The minimum Gasteiger partial charge on any atom is -0.443 e. The summed E-state index contributed by atoms with van der Waals surface area (Å²) in [6, 6.07) is 25.0. The van der Waals surface area contributed by atoms with E-state index in [0.717, 1.165) is 0 Å². The van der Waals surface area contributed by atoms with Crippen molar-refractivity contribution in [3.63, 3.8) is 0 Å². The van der Waals surface area contributed by atoms with Gasteiger partial charge in [-0.25, -0.2) is 14.7 Å². The van der Waals surface area contributed by atoms with Gasteiger partial charge in [0.2, 0.25) is 0 Å². The number of Topliss-reactive ketones (excluding diaryl/α,β-unsaturated/α-hetero) is 2. The zero-order valence-electron chi connectivity index (χ0n) is 19.8. The van der Waals surface area contributed by atoms with Gasteiger partial charge in [-0.3, -0.25) is 9.59 Å². The molecule has 0 saturated heterocycles. The van der Waals surface area contributed by atoms with Gasteiger partial charge in [0.05, 0.1) is 0 Å². The van der Waals surface area contributed by atoms with Gasteiger partial charge < -0.3 is 4.74 Å². The van der Waals surface area contributed by atoms with Crippen LogP contribution in [0.25, 0.3) is 0 Å². The Hall–Kier alpha value is -4.32. The Bertz CT molecular complexity index is 1290. The molecule has 0 radical (unpaired) electrons. The number of aliphatic imine (C=N–C) groups is 1. The predicted octanol–water partition coefficient (Wildman–Crippen LogP) is 5.70. The number of ether oxygens (including phenoxy) is 1. The monoisotopic (exact) mass is 466 g/mol. The van der Waals surface area contributed by atoms with Crippen molar-refractivity contribution in [3.8, 4) is 0 Å². The molecule has 1 unspecified atom stereocenters. The molecule has 3 aromatic rings. The molecule has 0 fully saturated rings. The molecule has 35 heavy (non-hydrogen) atoms. The first-order valence-electron chi connectivity index (χ1n) is 11.3. The fraction of sp³-hybridized carbons (Fsp3) is 0.172. The second kappa shape index (κ2) is 9.89. The first kappa shape index (κ1) is 23.8. The lowest BCUT2D eigenvalue weighted by Crippen LogP contribution is -2.54. The summed E-state index contributed by atoms with van der Waals surface area (Å²) in [5.41, 5.74) is 0.644. The second-order valence-corrected chi connectivity index (χ2v) is 9.08. The molecule has 6 nitrogen and oxygen atoms in total. The molecule has 6 heteroatoms. The van der Waals surface area contributed by atoms with E-state index in [1.54, 1.807) is 93.6 Å². The summed E-state index contributed by atoms with van der Waals surface area (Å²) in [4.78, 5) is 46.8. The minimum absolute atomic E-state index is 0.0931. The highest BCUT2D eigenvalue weighted by atomic mass is 16.6. The molecule has 0 aliphatic carbocycles. The van der Waals surface area contributed by atoms with E-state index in [0.29, 0.717) is 16.7 Å². The van der Waals surface area contributed by atoms with Crippen LogP contribution in [0.5, 0.6) is 0 Å². The molecule has 1 atom stereocenters. The van der Waals surface area contributed by atoms with Crippen molar-refractivity contribution in [2.24, 2.45) is 4.99 Å². The minimum atomic E-state index is -1.26. The van der Waals surface area contributed by atoms with Crippen molar-refractivity contribution in [1.29, 1.82) is 0 Å². The van der Waals surface area contributed by atoms with E-state index < -0.39 is 23.5 Å². The third-order valence-corrected chi connectivity index (χ3v) is 5.33. The van der Waals surface area contributed by atoms with Crippen molar-refractivity contribution in [1.82, 2.24) is 4.90 Å². The SMILES string of the molecule is CC(C)(C)OC(=O)N1C(c2ccccc2)=NC=C(C(=O)c2ccccc2)C1C(=O)c1ccccc1. The maximum atomic E-state index is 13.9. The Kier molecular flexibility index (Phi) is 6.73. The summed E-state index contributed by atoms with van der Waals surface area (Å²) < 4.78 is 5.69. The number of amidine groups is 1. The summed E-state index contributed by atoms with van der Waals surface area (Å²) in [6.07, 6.45) is 0.630. The lowest BCUT2D eigenvalue weighted by molar-refractivity contribution is 0.0319. The van der Waals surface area contributed by atoms with Gasteiger partial charge in [-0.15, -0.1) is 0 Å². The van der Waals surface area contributed by atoms with Crippen molar-refractivity contribution >= 4 is 23.5 Å². The number of carbonyl (C=O) groups excluding carboxylic acids is 3. The van der Waals surface area contributed by atoms with E-state index in [9.17, 15) is 14.4 Å². The van der Waals surface area contributed by atoms with Crippen LogP contribution in [0, 0.1) is 0 Å². The average Bonchev–Trinajstić information content (AvgIpc) is 2.87. The highest BCUT2D eigenvalue weighted by Gasteiger charge is 2.43. The van der Waals surface area contributed by atoms with Gasteiger partial charge in [0.25, 0.3) is 0 Å². The number of ketones is 2. The van der Waals surface area contributed by atoms with Crippen molar-refractivity contribution in [2.75, 3.05) is 0 Å². The van der Waals surface area contributed by atoms with Crippen LogP contribution in [0.1, 0.15) is 47.1 Å². The Morgan fingerprint density at radius 1 is 0.771 bits per heavy atom. The molecular formula is C29H26N2O4. The third-order valence-electron chi connectivity index (χ3n) is 5.33. The predicted molar refractivity (Wildman–Crippen MR) is 134 cm³/mol. The van der Waals surface area contributed by atoms with E-state index >= 15 is 0 Å². The maximum Gasteiger partial charge on any atom is 0.417 e. The summed E-state index contributed by atoms with van der Waals surface area (Å²) in [5, 5.41) is 0. The molecule has 1 heterocycles. The number of hydrogen-bond acceptors (Lipinski definition) is 5. The zero-order chi connectivity index (χ0) is 25.0. The zero-order valence-corrected chi connectivity index (χ0v) is 19.8. The van der Waals surface area contributed by atoms with Crippen LogP contribution in [0.3, 0.4) is 0 Å². The fourth-order valence-corrected chi connectivity index (χ4v) is 3.79. The highest BCUT2D eigenvalue weighted by molar-refractivity contribution is 6.21. The van der Waals surface area contributed by atoms with E-state index in [4.69, 9.17) is 4.74 Å². The molecule has 1 aliphatic heterocycles. The van der Waals surface area contributed by atoms with Crippen LogP contribution in [-0.4, -0.2) is 40.0 Å². The average molecular weight is 467 g/mol. The molecular weight excluding hydrogens is 440 g/mol. The van der Waals surface area contributed by atoms with Gasteiger partial charge >= 0.3 is 6.09 Å². The van der Waals surface area contributed by atoms with Crippen LogP contribution in [0.15, 0.2) is 108 Å². The smallest absolute Gasteiger partial charge is 0.417 e. The normalized spacial score (nSPS) is 15.6. The molecule has 0 spiro atoms. The van der Waals surface area contributed by atoms with Gasteiger partial charge in [-0.2, -0.15) is 0 Å². The summed E-state index contributed by atoms with van der Waals surface area (Å²) in [5.74, 6) is -0.557. The van der Waals surface area contributed by atoms with E-state index in [-0.39, 0.29) is 17.2 Å². The molecule has 1 aliphatic rings. The van der Waals surface area contributed by atoms with Crippen LogP contribution >= 0.6 is 0 Å². The quantitative estimate of drug-likeness (QED) is 0.452. The molecule has 3 aromatic carbocycles. The molecule has 176 valence electrons. The third kappa shape index (κ3) is 5.27. The molecule has 0 bridgehead atoms. The van der Waals surface area contributed by atoms with Crippen LogP contribution in [0.2, 0.25) is 0 Å². The van der Waals surface area contributed by atoms with Gasteiger partial charge in [-0.1, -0.05) is 91.0 Å². The number of amides is 1. The van der Waals surface area contributed by atoms with Crippen LogP contribution in [0.4, 0.5) is 4.79 Å². The molecule has 4 rings (SSSR count). The standard InChI is InChI=1S/C29H26N2O4/c1-29(2,3)35-28(34)31-24(26(33)21-15-9-5-10-16-21)23(25(32)20-13-7-4-8-14-20)19-30-27(31)22-17-11-6-12-18-22/h4-19,24H,1-3H3. The Morgan fingerprint density at radius 3 is 1.83 bits per heavy atom. The van der Waals surface area contributed by atoms with E-state index in [2.05, 4.69) is 4.99 Å². The Morgan fingerprint density at radius 2 is 1.29 bits per heavy atom. The number of benzene rings is 3. The van der Waals surface area contributed by atoms with Crippen molar-refractivity contribution < 1.29 is 19.1 Å². The van der Waals surface area contributed by atoms with Crippen LogP contribution in [-0.2, 0) is 4.74 Å². The maximum absolute atomic E-state index is 13.9. The summed E-state index contributed by atoms with van der Waals surface area (Å²) in [6.45, 7) is 5.23. The lowest BCUT2D eigenvalue weighted by atomic mass is 9.89. The number of hydrogen-bond donors (Lipinski definition) is 0. The van der Waals surface area contributed by atoms with E-state index in [1.165, 1.54) is 11.1 Å². The Balaban J connectivity index is 1.91. The van der Waals surface area contributed by atoms with Gasteiger partial charge in [0.1, 0.15) is 17.5 Å². The van der Waals surface area contributed by atoms with Crippen LogP contribution < -0.4 is 0 Å². The van der Waals surface area contributed by atoms with Crippen molar-refractivity contribution in [2.45, 2.75) is 32.4 Å². The molecule has 0 N–H and O–H groups in total. The Labute approximate surface area is 204 Å². The fourth-order valence-electron chi connectivity index (χ4n) is 3.79. The van der Waals surface area contributed by atoms with E-state index in [1.807, 2.05) is 18.2 Å². The molecule has 1 amide bonds. The number of nitrogens with zero attached hydrogens (tertiary/aromatic N) is 2. The number of carbonyl (C=O) groups is 3. The summed E-state index contributed by atoms with van der Waals surface area (Å²) in [7, 11) is 0.